The Balaban J connectivity index is 0.000000161. The van der Waals surface area contributed by atoms with Gasteiger partial charge in [0.15, 0.2) is 0 Å². The molecule has 10 nitrogen and oxygen atoms in total. The van der Waals surface area contributed by atoms with Gasteiger partial charge in [0.05, 0.1) is 27.6 Å². The van der Waals surface area contributed by atoms with Crippen LogP contribution in [0.2, 0.25) is 0 Å². The van der Waals surface area contributed by atoms with Crippen LogP contribution in [0.3, 0.4) is 0 Å². The van der Waals surface area contributed by atoms with Crippen LogP contribution < -0.4 is 0 Å². The Hall–Kier alpha value is -7.20. The maximum Gasteiger partial charge on any atom is 0.126 e. The molecule has 0 aliphatic carbocycles. The predicted octanol–water partition coefficient (Wildman–Crippen LogP) is 17.4. The minimum Gasteiger partial charge on any atom is -0.238 e. The van der Waals surface area contributed by atoms with Gasteiger partial charge in [-0.3, -0.25) is 0 Å². The van der Waals surface area contributed by atoms with Gasteiger partial charge in [-0.25, -0.2) is 49.8 Å². The first-order valence-corrected chi connectivity index (χ1v) is 28.2. The van der Waals surface area contributed by atoms with Gasteiger partial charge in [0.1, 0.15) is 29.1 Å². The number of nitrogens with zero attached hydrogens (tertiary/aromatic N) is 10. The van der Waals surface area contributed by atoms with E-state index in [1.54, 1.807) is 0 Å². The third-order valence-corrected chi connectivity index (χ3v) is 18.1. The molecule has 10 aromatic rings. The Morgan fingerprint density at radius 3 is 0.362 bits per heavy atom. The zero-order chi connectivity index (χ0) is 60.2. The molecular weight excluding hydrogens is 981 g/mol. The van der Waals surface area contributed by atoms with Crippen molar-refractivity contribution < 1.29 is 0 Å². The zero-order valence-electron chi connectivity index (χ0n) is 54.5. The Morgan fingerprint density at radius 2 is 0.237 bits per heavy atom. The van der Waals surface area contributed by atoms with E-state index in [9.17, 15) is 0 Å². The van der Waals surface area contributed by atoms with Crippen LogP contribution in [0.15, 0.2) is 0 Å². The molecule has 5 heterocycles. The maximum atomic E-state index is 4.59. The third kappa shape index (κ3) is 11.6. The van der Waals surface area contributed by atoms with E-state index >= 15 is 0 Å². The minimum atomic E-state index is 0.857. The number of aromatic nitrogens is 10. The number of hydrogen-bond acceptors (Lipinski definition) is 10. The fourth-order valence-electron chi connectivity index (χ4n) is 11.8. The van der Waals surface area contributed by atoms with Crippen LogP contribution >= 0.6 is 0 Å². The van der Waals surface area contributed by atoms with Crippen LogP contribution in [0.4, 0.5) is 0 Å². The molecule has 0 saturated heterocycles. The summed E-state index contributed by atoms with van der Waals surface area (Å²) in [6.45, 7) is 63.4. The lowest BCUT2D eigenvalue weighted by Crippen LogP contribution is -2.01. The molecule has 0 atom stereocenters. The lowest BCUT2D eigenvalue weighted by Gasteiger charge is -2.14. The molecule has 5 aromatic heterocycles. The average molecular weight is 1070 g/mol. The molecule has 80 heavy (non-hydrogen) atoms. The summed E-state index contributed by atoms with van der Waals surface area (Å²) in [5, 5.41) is 6.14. The fraction of sp³-hybridized carbons (Fsp3) is 0.429. The summed E-state index contributed by atoms with van der Waals surface area (Å²) in [6, 6.07) is 0. The van der Waals surface area contributed by atoms with E-state index in [-0.39, 0.29) is 0 Å². The van der Waals surface area contributed by atoms with Crippen molar-refractivity contribution in [1.29, 1.82) is 0 Å². The van der Waals surface area contributed by atoms with E-state index in [1.165, 1.54) is 138 Å². The summed E-state index contributed by atoms with van der Waals surface area (Å²) in [5.74, 6) is 4.29. The van der Waals surface area contributed by atoms with Gasteiger partial charge in [-0.1, -0.05) is 0 Å². The lowest BCUT2D eigenvalue weighted by atomic mass is 9.94. The van der Waals surface area contributed by atoms with Crippen LogP contribution in [0, 0.1) is 208 Å². The van der Waals surface area contributed by atoms with E-state index in [1.807, 2.05) is 34.6 Å². The van der Waals surface area contributed by atoms with Gasteiger partial charge < -0.3 is 0 Å². The summed E-state index contributed by atoms with van der Waals surface area (Å²) < 4.78 is 0. The third-order valence-electron chi connectivity index (χ3n) is 18.1. The summed E-state index contributed by atoms with van der Waals surface area (Å²) in [7, 11) is 0. The molecule has 5 aromatic carbocycles. The molecule has 0 amide bonds. The van der Waals surface area contributed by atoms with E-state index < -0.39 is 0 Å². The monoisotopic (exact) mass is 1070 g/mol. The molecule has 10 heteroatoms. The summed E-state index contributed by atoms with van der Waals surface area (Å²) in [6.07, 6.45) is 0. The van der Waals surface area contributed by atoms with Crippen molar-refractivity contribution in [3.05, 3.63) is 169 Å². The van der Waals surface area contributed by atoms with Crippen LogP contribution in [0.5, 0.6) is 0 Å². The van der Waals surface area contributed by atoms with E-state index in [2.05, 4.69) is 223 Å². The number of aryl methyl sites for hydroxylation is 20. The van der Waals surface area contributed by atoms with Crippen molar-refractivity contribution in [2.75, 3.05) is 0 Å². The highest BCUT2D eigenvalue weighted by atomic mass is 14.9. The first-order valence-electron chi connectivity index (χ1n) is 28.2. The van der Waals surface area contributed by atoms with Gasteiger partial charge in [-0.05, 0) is 319 Å². The first kappa shape index (κ1) is 62.0. The molecule has 0 fully saturated rings. The molecule has 420 valence electrons. The fourth-order valence-corrected chi connectivity index (χ4v) is 11.8. The van der Waals surface area contributed by atoms with Crippen molar-refractivity contribution in [2.45, 2.75) is 208 Å². The minimum absolute atomic E-state index is 0.857. The molecule has 0 radical (unpaired) electrons. The van der Waals surface area contributed by atoms with Gasteiger partial charge in [0.2, 0.25) is 0 Å². The molecule has 0 N–H and O–H groups in total. The second kappa shape index (κ2) is 23.9. The highest BCUT2D eigenvalue weighted by molar-refractivity contribution is 5.92. The molecular formula is C70H90N10. The molecule has 0 aliphatic rings. The van der Waals surface area contributed by atoms with Gasteiger partial charge in [-0.2, -0.15) is 0 Å². The van der Waals surface area contributed by atoms with E-state index in [4.69, 9.17) is 0 Å². The van der Waals surface area contributed by atoms with Crippen molar-refractivity contribution >= 4 is 54.5 Å². The number of fused-ring (bicyclic) bond motifs is 5. The van der Waals surface area contributed by atoms with Gasteiger partial charge >= 0.3 is 0 Å². The smallest absolute Gasteiger partial charge is 0.126 e. The van der Waals surface area contributed by atoms with Gasteiger partial charge in [0.25, 0.3) is 0 Å². The van der Waals surface area contributed by atoms with Gasteiger partial charge in [-0.15, -0.1) is 0 Å². The topological polar surface area (TPSA) is 129 Å². The molecule has 0 spiro atoms. The Kier molecular flexibility index (Phi) is 18.5. The number of rotatable bonds is 0. The summed E-state index contributed by atoms with van der Waals surface area (Å²) in [5.41, 5.74) is 37.6. The maximum absolute atomic E-state index is 4.59. The van der Waals surface area contributed by atoms with Crippen molar-refractivity contribution in [2.24, 2.45) is 0 Å². The number of benzene rings is 5. The van der Waals surface area contributed by atoms with Crippen LogP contribution in [-0.2, 0) is 0 Å². The normalized spacial score (nSPS) is 11.1. The Bertz CT molecular complexity index is 3540. The summed E-state index contributed by atoms with van der Waals surface area (Å²) >= 11 is 0. The first-order chi connectivity index (χ1) is 37.2. The standard InChI is InChI=1S/5C14H18N2/c5*1-7-8(2)10(4)14-13(9(7)3)11(5)15-12(6)16-14/h5*1-6H3. The van der Waals surface area contributed by atoms with Gasteiger partial charge in [0, 0.05) is 55.4 Å². The van der Waals surface area contributed by atoms with E-state index in [0.717, 1.165) is 85.2 Å². The van der Waals surface area contributed by atoms with Crippen LogP contribution in [0.25, 0.3) is 54.5 Å². The summed E-state index contributed by atoms with van der Waals surface area (Å²) in [4.78, 5) is 45.3. The quantitative estimate of drug-likeness (QED) is 0.145. The zero-order valence-corrected chi connectivity index (χ0v) is 54.5. The highest BCUT2D eigenvalue weighted by Crippen LogP contribution is 2.34. The second-order valence-corrected chi connectivity index (χ2v) is 22.9. The molecule has 0 aliphatic heterocycles. The van der Waals surface area contributed by atoms with E-state index in [0.29, 0.717) is 0 Å². The molecule has 0 unspecified atom stereocenters. The Labute approximate surface area is 478 Å². The number of hydrogen-bond donors (Lipinski definition) is 0. The van der Waals surface area contributed by atoms with Crippen molar-refractivity contribution in [3.63, 3.8) is 0 Å². The Morgan fingerprint density at radius 1 is 0.125 bits per heavy atom. The predicted molar refractivity (Wildman–Crippen MR) is 340 cm³/mol. The molecule has 0 bridgehead atoms. The highest BCUT2D eigenvalue weighted by Gasteiger charge is 2.18. The molecule has 10 rings (SSSR count). The lowest BCUT2D eigenvalue weighted by molar-refractivity contribution is 1.04. The van der Waals surface area contributed by atoms with Crippen LogP contribution in [-0.4, -0.2) is 49.8 Å². The molecule has 0 saturated carbocycles. The van der Waals surface area contributed by atoms with Crippen molar-refractivity contribution in [3.8, 4) is 0 Å². The largest absolute Gasteiger partial charge is 0.238 e. The van der Waals surface area contributed by atoms with Crippen molar-refractivity contribution in [1.82, 2.24) is 49.8 Å². The second-order valence-electron chi connectivity index (χ2n) is 22.9. The average Bonchev–Trinajstić information content (AvgIpc) is 3.38. The SMILES string of the molecule is Cc1nc(C)c2c(C)c(C)c(C)c(C)c2n1.Cc1nc(C)c2c(C)c(C)c(C)c(C)c2n1.Cc1nc(C)c2c(C)c(C)c(C)c(C)c2n1.Cc1nc(C)c2c(C)c(C)c(C)c(C)c2n1.Cc1nc(C)c2c(C)c(C)c(C)c(C)c2n1. The van der Waals surface area contributed by atoms with Crippen LogP contribution in [0.1, 0.15) is 169 Å².